The fourth-order valence-electron chi connectivity index (χ4n) is 3.48. The number of benzene rings is 2. The molecule has 0 saturated carbocycles. The number of aromatic nitrogens is 3. The Morgan fingerprint density at radius 2 is 1.86 bits per heavy atom. The van der Waals surface area contributed by atoms with Crippen molar-refractivity contribution in [2.24, 2.45) is 7.05 Å². The van der Waals surface area contributed by atoms with E-state index >= 15 is 0 Å². The highest BCUT2D eigenvalue weighted by molar-refractivity contribution is 6.31. The molecule has 0 unspecified atom stereocenters. The van der Waals surface area contributed by atoms with Crippen LogP contribution in [0.4, 0.5) is 0 Å². The maximum Gasteiger partial charge on any atom is 0.291 e. The molecule has 0 spiro atoms. The van der Waals surface area contributed by atoms with Gasteiger partial charge in [0.15, 0.2) is 0 Å². The lowest BCUT2D eigenvalue weighted by molar-refractivity contribution is -0.123. The molecular weight excluding hydrogens is 376 g/mol. The van der Waals surface area contributed by atoms with Crippen molar-refractivity contribution in [2.75, 3.05) is 0 Å². The van der Waals surface area contributed by atoms with E-state index in [0.29, 0.717) is 17.1 Å². The average molecular weight is 395 g/mol. The summed E-state index contributed by atoms with van der Waals surface area (Å²) in [6.07, 6.45) is 1.67. The van der Waals surface area contributed by atoms with Gasteiger partial charge in [0.1, 0.15) is 11.6 Å². The molecule has 7 heteroatoms. The van der Waals surface area contributed by atoms with Gasteiger partial charge in [-0.25, -0.2) is 4.68 Å². The minimum Gasteiger partial charge on any atom is -0.350 e. The lowest BCUT2D eigenvalue weighted by Crippen LogP contribution is -2.32. The monoisotopic (exact) mass is 394 g/mol. The van der Waals surface area contributed by atoms with Crippen LogP contribution in [0.15, 0.2) is 59.5 Å². The van der Waals surface area contributed by atoms with E-state index < -0.39 is 6.04 Å². The number of fused-ring (bicyclic) bond motifs is 3. The van der Waals surface area contributed by atoms with Gasteiger partial charge in [0, 0.05) is 29.4 Å². The lowest BCUT2D eigenvalue weighted by atomic mass is 10.2. The van der Waals surface area contributed by atoms with Gasteiger partial charge >= 0.3 is 0 Å². The number of hydrogen-bond acceptors (Lipinski definition) is 3. The van der Waals surface area contributed by atoms with Gasteiger partial charge in [0.05, 0.1) is 11.7 Å². The molecule has 2 heterocycles. The molecule has 1 amide bonds. The van der Waals surface area contributed by atoms with Gasteiger partial charge in [0.2, 0.25) is 5.91 Å². The predicted octanol–water partition coefficient (Wildman–Crippen LogP) is 3.42. The lowest BCUT2D eigenvalue weighted by Gasteiger charge is -2.17. The summed E-state index contributed by atoms with van der Waals surface area (Å²) < 4.78 is 3.07. The van der Waals surface area contributed by atoms with Crippen molar-refractivity contribution >= 4 is 39.3 Å². The van der Waals surface area contributed by atoms with Crippen LogP contribution in [0.5, 0.6) is 0 Å². The molecule has 0 fully saturated rings. The summed E-state index contributed by atoms with van der Waals surface area (Å²) in [7, 11) is 1.60. The van der Waals surface area contributed by atoms with Crippen molar-refractivity contribution in [1.29, 1.82) is 0 Å². The molecule has 4 rings (SSSR count). The van der Waals surface area contributed by atoms with Crippen LogP contribution < -0.4 is 10.9 Å². The van der Waals surface area contributed by atoms with E-state index in [1.165, 1.54) is 4.68 Å². The summed E-state index contributed by atoms with van der Waals surface area (Å²) in [4.78, 5) is 25.7. The first-order valence-electron chi connectivity index (χ1n) is 8.95. The minimum atomic E-state index is -0.583. The van der Waals surface area contributed by atoms with Crippen LogP contribution in [0.25, 0.3) is 21.8 Å². The third kappa shape index (κ3) is 2.96. The molecule has 142 valence electrons. The van der Waals surface area contributed by atoms with Crippen LogP contribution in [-0.4, -0.2) is 20.3 Å². The largest absolute Gasteiger partial charge is 0.350 e. The number of nitrogens with zero attached hydrogens (tertiary/aromatic N) is 3. The van der Waals surface area contributed by atoms with Crippen LogP contribution in [0.3, 0.4) is 0 Å². The van der Waals surface area contributed by atoms with E-state index in [4.69, 9.17) is 11.6 Å². The van der Waals surface area contributed by atoms with Crippen molar-refractivity contribution < 1.29 is 4.79 Å². The molecule has 1 N–H and O–H groups in total. The third-order valence-electron chi connectivity index (χ3n) is 4.98. The number of halogens is 1. The van der Waals surface area contributed by atoms with Gasteiger partial charge in [-0.1, -0.05) is 48.0 Å². The first-order valence-corrected chi connectivity index (χ1v) is 9.33. The molecular formula is C21H19ClN4O2. The fourth-order valence-corrected chi connectivity index (χ4v) is 3.68. The van der Waals surface area contributed by atoms with Crippen molar-refractivity contribution in [3.8, 4) is 0 Å². The molecule has 0 aliphatic rings. The number of para-hydroxylation sites is 1. The van der Waals surface area contributed by atoms with E-state index in [1.807, 2.05) is 42.5 Å². The zero-order valence-corrected chi connectivity index (χ0v) is 16.3. The average Bonchev–Trinajstić information content (AvgIpc) is 3.04. The van der Waals surface area contributed by atoms with Crippen LogP contribution in [-0.2, 0) is 18.4 Å². The SMILES string of the molecule is C[C@@H](C(=O)NCc1ccccc1Cl)n1c2ccccc2c2cnn(C)c(=O)c21. The van der Waals surface area contributed by atoms with Gasteiger partial charge in [0.25, 0.3) is 5.56 Å². The number of hydrogen-bond donors (Lipinski definition) is 1. The Bertz CT molecular complexity index is 1260. The number of aryl methyl sites for hydroxylation is 1. The first-order chi connectivity index (χ1) is 13.5. The molecule has 0 aliphatic carbocycles. The van der Waals surface area contributed by atoms with Gasteiger partial charge < -0.3 is 9.88 Å². The molecule has 0 saturated heterocycles. The number of nitrogens with one attached hydrogen (secondary N) is 1. The van der Waals surface area contributed by atoms with E-state index in [1.54, 1.807) is 30.8 Å². The predicted molar refractivity (Wildman–Crippen MR) is 110 cm³/mol. The quantitative estimate of drug-likeness (QED) is 0.576. The van der Waals surface area contributed by atoms with Crippen LogP contribution in [0.1, 0.15) is 18.5 Å². The van der Waals surface area contributed by atoms with E-state index in [-0.39, 0.29) is 11.5 Å². The van der Waals surface area contributed by atoms with E-state index in [9.17, 15) is 9.59 Å². The van der Waals surface area contributed by atoms with Gasteiger partial charge in [-0.2, -0.15) is 5.10 Å². The summed E-state index contributed by atoms with van der Waals surface area (Å²) in [6.45, 7) is 2.10. The summed E-state index contributed by atoms with van der Waals surface area (Å²) in [5.41, 5.74) is 1.90. The molecule has 6 nitrogen and oxygen atoms in total. The van der Waals surface area contributed by atoms with Crippen molar-refractivity contribution in [3.05, 3.63) is 75.7 Å². The van der Waals surface area contributed by atoms with E-state index in [0.717, 1.165) is 21.9 Å². The normalized spacial score (nSPS) is 12.4. The van der Waals surface area contributed by atoms with Gasteiger partial charge in [-0.3, -0.25) is 9.59 Å². The summed E-state index contributed by atoms with van der Waals surface area (Å²) in [5, 5.41) is 9.30. The number of amides is 1. The molecule has 0 radical (unpaired) electrons. The highest BCUT2D eigenvalue weighted by Crippen LogP contribution is 2.29. The van der Waals surface area contributed by atoms with Gasteiger partial charge in [-0.15, -0.1) is 0 Å². The zero-order chi connectivity index (χ0) is 19.8. The van der Waals surface area contributed by atoms with Crippen molar-refractivity contribution in [3.63, 3.8) is 0 Å². The Balaban J connectivity index is 1.77. The standard InChI is InChI=1S/C21H19ClN4O2/c1-13(20(27)23-11-14-7-3-5-9-17(14)22)26-18-10-6-4-8-15(18)16-12-24-25(2)21(28)19(16)26/h3-10,12-13H,11H2,1-2H3,(H,23,27)/t13-/m0/s1. The van der Waals surface area contributed by atoms with E-state index in [2.05, 4.69) is 10.4 Å². The molecule has 0 bridgehead atoms. The molecule has 28 heavy (non-hydrogen) atoms. The minimum absolute atomic E-state index is 0.193. The van der Waals surface area contributed by atoms with Crippen LogP contribution in [0, 0.1) is 0 Å². The Labute approximate surface area is 166 Å². The summed E-state index contributed by atoms with van der Waals surface area (Å²) in [5.74, 6) is -0.193. The molecule has 2 aromatic heterocycles. The molecule has 1 atom stereocenters. The van der Waals surface area contributed by atoms with Crippen LogP contribution in [0.2, 0.25) is 5.02 Å². The summed E-state index contributed by atoms with van der Waals surface area (Å²) >= 11 is 6.17. The zero-order valence-electron chi connectivity index (χ0n) is 15.5. The second-order valence-corrected chi connectivity index (χ2v) is 7.12. The maximum absolute atomic E-state index is 12.9. The highest BCUT2D eigenvalue weighted by atomic mass is 35.5. The molecule has 0 aliphatic heterocycles. The first kappa shape index (κ1) is 18.3. The second-order valence-electron chi connectivity index (χ2n) is 6.71. The van der Waals surface area contributed by atoms with Crippen LogP contribution >= 0.6 is 11.6 Å². The Morgan fingerprint density at radius 3 is 2.64 bits per heavy atom. The third-order valence-corrected chi connectivity index (χ3v) is 5.35. The highest BCUT2D eigenvalue weighted by Gasteiger charge is 2.23. The molecule has 2 aromatic carbocycles. The Hall–Kier alpha value is -3.12. The van der Waals surface area contributed by atoms with Crippen molar-refractivity contribution in [1.82, 2.24) is 19.7 Å². The number of carbonyl (C=O) groups excluding carboxylic acids is 1. The Morgan fingerprint density at radius 1 is 1.14 bits per heavy atom. The smallest absolute Gasteiger partial charge is 0.291 e. The fraction of sp³-hybridized carbons (Fsp3) is 0.190. The van der Waals surface area contributed by atoms with Crippen molar-refractivity contribution in [2.45, 2.75) is 19.5 Å². The number of rotatable bonds is 4. The topological polar surface area (TPSA) is 68.9 Å². The summed E-state index contributed by atoms with van der Waals surface area (Å²) in [6, 6.07) is 14.4. The number of carbonyl (C=O) groups is 1. The van der Waals surface area contributed by atoms with Gasteiger partial charge in [-0.05, 0) is 24.6 Å². The maximum atomic E-state index is 12.9. The second kappa shape index (κ2) is 7.13. The molecule has 4 aromatic rings. The Kier molecular flexibility index (Phi) is 4.65.